The van der Waals surface area contributed by atoms with Crippen LogP contribution in [0.1, 0.15) is 102 Å². The van der Waals surface area contributed by atoms with E-state index in [2.05, 4.69) is 15.6 Å². The summed E-state index contributed by atoms with van der Waals surface area (Å²) in [6.45, 7) is 4.35. The third-order valence-corrected chi connectivity index (χ3v) is 15.7. The molecule has 3 saturated heterocycles. The molecule has 1 aromatic carbocycles. The van der Waals surface area contributed by atoms with Crippen LogP contribution in [0.2, 0.25) is 0 Å². The topological polar surface area (TPSA) is 177 Å². The van der Waals surface area contributed by atoms with Crippen molar-refractivity contribution in [2.75, 3.05) is 26.7 Å². The summed E-state index contributed by atoms with van der Waals surface area (Å²) in [5.74, 6) is -3.19. The van der Waals surface area contributed by atoms with E-state index >= 15 is 13.2 Å². The minimum absolute atomic E-state index is 0.00726. The number of rotatable bonds is 4. The highest BCUT2D eigenvalue weighted by Crippen LogP contribution is 2.65. The summed E-state index contributed by atoms with van der Waals surface area (Å²) in [6, 6.07) is 0.819. The highest BCUT2D eigenvalue weighted by molar-refractivity contribution is 7.98. The summed E-state index contributed by atoms with van der Waals surface area (Å²) in [6.07, 6.45) is -0.767. The first-order chi connectivity index (χ1) is 29.1. The predicted molar refractivity (Wildman–Crippen MR) is 213 cm³/mol. The lowest BCUT2D eigenvalue weighted by atomic mass is 9.81. The molecule has 5 aliphatic heterocycles. The Kier molecular flexibility index (Phi) is 9.89. The van der Waals surface area contributed by atoms with Crippen LogP contribution in [0.4, 0.5) is 22.4 Å². The Bertz CT molecular complexity index is 2380. The first-order valence-electron chi connectivity index (χ1n) is 21.2. The number of likely N-dealkylation sites (tertiary alicyclic amines) is 1. The van der Waals surface area contributed by atoms with Crippen molar-refractivity contribution < 1.29 is 59.4 Å². The molecule has 0 unspecified atom stereocenters. The second-order valence-corrected chi connectivity index (χ2v) is 21.0. The van der Waals surface area contributed by atoms with E-state index in [1.807, 2.05) is 6.08 Å². The number of carbonyl (C=O) groups excluding carboxylic acids is 4. The molecule has 6 heterocycles. The number of aromatic nitrogens is 1. The Morgan fingerprint density at radius 2 is 1.76 bits per heavy atom. The highest BCUT2D eigenvalue weighted by Gasteiger charge is 2.83. The molecule has 62 heavy (non-hydrogen) atoms. The van der Waals surface area contributed by atoms with Gasteiger partial charge in [0.15, 0.2) is 16.3 Å². The van der Waals surface area contributed by atoms with Gasteiger partial charge in [-0.25, -0.2) is 26.9 Å². The lowest BCUT2D eigenvalue weighted by Gasteiger charge is -2.48. The molecule has 6 atom stereocenters. The molecule has 2 saturated carbocycles. The lowest BCUT2D eigenvalue weighted by molar-refractivity contribution is -0.145. The molecular formula is C42H50F4N6O9S. The van der Waals surface area contributed by atoms with Crippen LogP contribution in [0.3, 0.4) is 0 Å². The lowest BCUT2D eigenvalue weighted by Crippen LogP contribution is -2.57. The van der Waals surface area contributed by atoms with Crippen molar-refractivity contribution in [3.8, 4) is 11.5 Å². The van der Waals surface area contributed by atoms with Gasteiger partial charge in [0.1, 0.15) is 40.7 Å². The fourth-order valence-electron chi connectivity index (χ4n) is 9.96. The molecule has 20 heteroatoms. The van der Waals surface area contributed by atoms with Crippen molar-refractivity contribution >= 4 is 44.7 Å². The third kappa shape index (κ3) is 7.12. The van der Waals surface area contributed by atoms with Gasteiger partial charge in [-0.05, 0) is 77.5 Å². The Balaban J connectivity index is 1.14. The number of alkyl halides is 4. The van der Waals surface area contributed by atoms with Crippen LogP contribution in [0.15, 0.2) is 30.4 Å². The van der Waals surface area contributed by atoms with Crippen LogP contribution in [-0.4, -0.2) is 118 Å². The molecule has 0 bridgehead atoms. The van der Waals surface area contributed by atoms with Crippen molar-refractivity contribution in [3.05, 3.63) is 41.6 Å². The Morgan fingerprint density at radius 1 is 1.03 bits per heavy atom. The molecule has 4 amide bonds. The molecule has 2 aromatic rings. The molecular weight excluding hydrogens is 841 g/mol. The van der Waals surface area contributed by atoms with Crippen molar-refractivity contribution in [3.63, 3.8) is 0 Å². The third-order valence-electron chi connectivity index (χ3n) is 13.3. The maximum Gasteiger partial charge on any atom is 0.437 e. The summed E-state index contributed by atoms with van der Waals surface area (Å²) < 4.78 is 104. The van der Waals surface area contributed by atoms with Gasteiger partial charge in [-0.1, -0.05) is 25.0 Å². The van der Waals surface area contributed by atoms with Gasteiger partial charge in [0.05, 0.1) is 19.2 Å². The molecule has 2 N–H and O–H groups in total. The molecule has 0 radical (unpaired) electrons. The fourth-order valence-corrected chi connectivity index (χ4v) is 12.1. The first-order valence-corrected chi connectivity index (χ1v) is 22.6. The number of amides is 4. The van der Waals surface area contributed by atoms with Crippen molar-refractivity contribution in [1.82, 2.24) is 29.7 Å². The number of hydrogen-bond acceptors (Lipinski definition) is 11. The summed E-state index contributed by atoms with van der Waals surface area (Å²) >= 11 is 0. The number of halogens is 4. The van der Waals surface area contributed by atoms with Gasteiger partial charge in [-0.15, -0.1) is 0 Å². The molecule has 1 aromatic heterocycles. The van der Waals surface area contributed by atoms with E-state index in [0.29, 0.717) is 36.8 Å². The normalized spacial score (nSPS) is 32.3. The van der Waals surface area contributed by atoms with Gasteiger partial charge in [-0.3, -0.25) is 19.3 Å². The Morgan fingerprint density at radius 3 is 2.40 bits per heavy atom. The Hall–Kier alpha value is -4.72. The molecule has 15 nitrogen and oxygen atoms in total. The van der Waals surface area contributed by atoms with Crippen LogP contribution in [-0.2, 0) is 35.3 Å². The van der Waals surface area contributed by atoms with Gasteiger partial charge in [0.2, 0.25) is 11.8 Å². The number of hydrogen-bond donors (Lipinski definition) is 2. The standard InChI is InChI=1S/C42H50F4N6O9S/c1-38(2,3)61-37(56)48-28-11-9-7-5-6-8-10-23-17-41(23,36(55)52-40(14-15-40)62(52,57)58)49-34(53)30-19-39(22-51(30)35(28)54)18-29(50-20-24(43)21-50)31-26-16-25(59-4)12-13-27(26)47-33(32(31)60-39)42(44,45)46/h8,10,12-13,16,23-24,28-30H,5-7,9,11,14-15,17-22H2,1-4H3,(H,48,56)(H,49,53)/b10-8-/t23-,28+,29+,30+,39-,41-,52?/m1/s1. The second-order valence-electron chi connectivity index (χ2n) is 18.9. The number of nitrogens with one attached hydrogen (secondary N) is 2. The minimum atomic E-state index is -5.03. The molecule has 2 spiro atoms. The molecule has 336 valence electrons. The summed E-state index contributed by atoms with van der Waals surface area (Å²) in [7, 11) is -2.48. The van der Waals surface area contributed by atoms with Crippen LogP contribution < -0.4 is 20.1 Å². The van der Waals surface area contributed by atoms with Gasteiger partial charge in [-0.2, -0.15) is 13.2 Å². The number of allylic oxidation sites excluding steroid dienone is 1. The fraction of sp³-hybridized carbons (Fsp3) is 0.643. The number of sulfonamides is 1. The number of methoxy groups -OCH3 is 1. The maximum atomic E-state index is 15.1. The number of alkyl carbamates (subject to hydrolysis) is 1. The van der Waals surface area contributed by atoms with Crippen LogP contribution in [0, 0.1) is 5.92 Å². The van der Waals surface area contributed by atoms with Crippen LogP contribution in [0.25, 0.3) is 10.9 Å². The number of fused-ring (bicyclic) bond motifs is 5. The highest BCUT2D eigenvalue weighted by atomic mass is 32.2. The zero-order valence-electron chi connectivity index (χ0n) is 34.8. The number of nitrogens with zero attached hydrogens (tertiary/aromatic N) is 4. The summed E-state index contributed by atoms with van der Waals surface area (Å²) in [5.41, 5.74) is -5.50. The predicted octanol–water partition coefficient (Wildman–Crippen LogP) is 5.03. The van der Waals surface area contributed by atoms with E-state index in [1.165, 1.54) is 24.1 Å². The van der Waals surface area contributed by atoms with Crippen molar-refractivity contribution in [1.29, 1.82) is 0 Å². The number of pyridine rings is 1. The number of carbonyl (C=O) groups is 4. The smallest absolute Gasteiger partial charge is 0.437 e. The van der Waals surface area contributed by atoms with Gasteiger partial charge in [0, 0.05) is 48.8 Å². The molecule has 9 rings (SSSR count). The van der Waals surface area contributed by atoms with E-state index in [0.717, 1.165) is 4.31 Å². The second kappa shape index (κ2) is 14.4. The summed E-state index contributed by atoms with van der Waals surface area (Å²) in [4.78, 5) is 63.0. The van der Waals surface area contributed by atoms with E-state index in [9.17, 15) is 32.0 Å². The average molecular weight is 891 g/mol. The molecule has 7 aliphatic rings. The largest absolute Gasteiger partial charge is 0.497 e. The average Bonchev–Trinajstić information content (AvgIpc) is 4.13. The quantitative estimate of drug-likeness (QED) is 0.239. The zero-order valence-corrected chi connectivity index (χ0v) is 35.7. The van der Waals surface area contributed by atoms with Crippen LogP contribution in [0.5, 0.6) is 11.5 Å². The SMILES string of the molecule is COc1ccc2nc(C(F)(F)F)c3c(c2c1)[C@@H](N1CC(F)C1)C[C@]1(C[C@H]2C(=O)N[C@]4(C(=O)N5C6(CC6)S5(=O)=O)C[C@H]4/C=C\CCCCC[C@H](NC(=O)OC(C)(C)C)C(=O)N2C1)O3. The monoisotopic (exact) mass is 890 g/mol. The van der Waals surface area contributed by atoms with E-state index < -0.39 is 110 Å². The summed E-state index contributed by atoms with van der Waals surface area (Å²) in [5, 5.41) is 5.80. The van der Waals surface area contributed by atoms with E-state index in [1.54, 1.807) is 37.8 Å². The van der Waals surface area contributed by atoms with E-state index in [-0.39, 0.29) is 62.7 Å². The van der Waals surface area contributed by atoms with Gasteiger partial charge >= 0.3 is 12.3 Å². The number of ether oxygens (including phenoxy) is 3. The Labute approximate surface area is 355 Å². The zero-order chi connectivity index (χ0) is 44.4. The minimum Gasteiger partial charge on any atom is -0.497 e. The molecule has 2 aliphatic carbocycles. The molecule has 5 fully saturated rings. The maximum absolute atomic E-state index is 15.1. The number of benzene rings is 1. The first kappa shape index (κ1) is 42.6. The van der Waals surface area contributed by atoms with Gasteiger partial charge in [0.25, 0.3) is 15.9 Å². The van der Waals surface area contributed by atoms with Crippen molar-refractivity contribution in [2.45, 2.75) is 137 Å². The van der Waals surface area contributed by atoms with E-state index in [4.69, 9.17) is 14.2 Å². The van der Waals surface area contributed by atoms with Crippen molar-refractivity contribution in [2.24, 2.45) is 5.92 Å². The van der Waals surface area contributed by atoms with Crippen LogP contribution >= 0.6 is 0 Å². The van der Waals surface area contributed by atoms with Gasteiger partial charge < -0.3 is 29.7 Å².